The third-order valence-corrected chi connectivity index (χ3v) is 3.70. The van der Waals surface area contributed by atoms with Gasteiger partial charge in [0, 0.05) is 10.0 Å². The first-order chi connectivity index (χ1) is 11.4. The fourth-order valence-corrected chi connectivity index (χ4v) is 2.45. The standard InChI is InChI=1S/C17H10BrF3N2O/c18-13-2-1-3-14(8-13)24-16-9-15(22-10-23-16)11-4-6-12(7-5-11)17(19,20)21/h1-10H/p+1. The topological polar surface area (TPSA) is 36.3 Å². The molecule has 0 aliphatic rings. The van der Waals surface area contributed by atoms with Crippen molar-refractivity contribution in [3.63, 3.8) is 0 Å². The number of aromatic amines is 1. The zero-order valence-electron chi connectivity index (χ0n) is 12.1. The molecule has 0 bridgehead atoms. The lowest BCUT2D eigenvalue weighted by molar-refractivity contribution is -0.395. The number of benzene rings is 2. The molecule has 3 rings (SSSR count). The van der Waals surface area contributed by atoms with Gasteiger partial charge in [-0.3, -0.25) is 0 Å². The van der Waals surface area contributed by atoms with Crippen LogP contribution in [0.5, 0.6) is 11.6 Å². The number of alkyl halides is 3. The van der Waals surface area contributed by atoms with Crippen LogP contribution in [0.3, 0.4) is 0 Å². The van der Waals surface area contributed by atoms with E-state index in [1.165, 1.54) is 18.5 Å². The summed E-state index contributed by atoms with van der Waals surface area (Å²) in [7, 11) is 0. The van der Waals surface area contributed by atoms with Crippen molar-refractivity contribution in [2.24, 2.45) is 0 Å². The Bertz CT molecular complexity index is 851. The minimum Gasteiger partial charge on any atom is -0.423 e. The van der Waals surface area contributed by atoms with Crippen LogP contribution >= 0.6 is 15.9 Å². The van der Waals surface area contributed by atoms with Gasteiger partial charge in [0.15, 0.2) is 5.69 Å². The van der Waals surface area contributed by atoms with E-state index in [-0.39, 0.29) is 0 Å². The van der Waals surface area contributed by atoms with Crippen LogP contribution in [0.2, 0.25) is 0 Å². The van der Waals surface area contributed by atoms with Gasteiger partial charge in [-0.15, -0.1) is 0 Å². The molecule has 122 valence electrons. The number of halogens is 4. The summed E-state index contributed by atoms with van der Waals surface area (Å²) in [4.78, 5) is 6.99. The highest BCUT2D eigenvalue weighted by Gasteiger charge is 2.30. The highest BCUT2D eigenvalue weighted by atomic mass is 79.9. The summed E-state index contributed by atoms with van der Waals surface area (Å²) in [5.41, 5.74) is 0.378. The van der Waals surface area contributed by atoms with E-state index in [0.717, 1.165) is 16.6 Å². The molecular formula is C17H11BrF3N2O+. The molecule has 0 aliphatic heterocycles. The number of H-pyrrole nitrogens is 1. The van der Waals surface area contributed by atoms with Gasteiger partial charge in [-0.05, 0) is 47.4 Å². The van der Waals surface area contributed by atoms with Crippen molar-refractivity contribution in [1.29, 1.82) is 0 Å². The van der Waals surface area contributed by atoms with Gasteiger partial charge in [0.2, 0.25) is 0 Å². The summed E-state index contributed by atoms with van der Waals surface area (Å²) >= 11 is 3.35. The number of hydrogen-bond donors (Lipinski definition) is 0. The largest absolute Gasteiger partial charge is 0.423 e. The Morgan fingerprint density at radius 3 is 2.42 bits per heavy atom. The molecule has 1 N–H and O–H groups in total. The van der Waals surface area contributed by atoms with Crippen LogP contribution in [0, 0.1) is 0 Å². The zero-order chi connectivity index (χ0) is 17.2. The predicted octanol–water partition coefficient (Wildman–Crippen LogP) is 5.14. The smallest absolute Gasteiger partial charge is 0.416 e. The molecule has 0 atom stereocenters. The van der Waals surface area contributed by atoms with Gasteiger partial charge in [-0.1, -0.05) is 22.0 Å². The third-order valence-electron chi connectivity index (χ3n) is 3.21. The van der Waals surface area contributed by atoms with Gasteiger partial charge in [0.25, 0.3) is 12.2 Å². The summed E-state index contributed by atoms with van der Waals surface area (Å²) in [5.74, 6) is 1.04. The Balaban J connectivity index is 1.85. The van der Waals surface area contributed by atoms with Crippen LogP contribution in [0.4, 0.5) is 13.2 Å². The maximum absolute atomic E-state index is 12.6. The summed E-state index contributed by atoms with van der Waals surface area (Å²) in [6.07, 6.45) is -2.92. The lowest BCUT2D eigenvalue weighted by Crippen LogP contribution is -2.08. The number of hydrogen-bond acceptors (Lipinski definition) is 2. The number of nitrogens with one attached hydrogen (secondary N) is 1. The quantitative estimate of drug-likeness (QED) is 0.615. The Hall–Kier alpha value is -2.41. The lowest BCUT2D eigenvalue weighted by Gasteiger charge is -2.06. The van der Waals surface area contributed by atoms with E-state index < -0.39 is 11.7 Å². The highest BCUT2D eigenvalue weighted by Crippen LogP contribution is 2.31. The molecule has 7 heteroatoms. The molecule has 2 aromatic carbocycles. The zero-order valence-corrected chi connectivity index (χ0v) is 13.7. The molecule has 1 aromatic heterocycles. The maximum Gasteiger partial charge on any atom is 0.416 e. The normalized spacial score (nSPS) is 11.3. The van der Waals surface area contributed by atoms with Crippen LogP contribution < -0.4 is 9.72 Å². The maximum atomic E-state index is 12.6. The second-order valence-electron chi connectivity index (χ2n) is 4.93. The van der Waals surface area contributed by atoms with Crippen molar-refractivity contribution in [3.05, 3.63) is 71.0 Å². The minimum absolute atomic E-state index is 0.429. The first-order valence-electron chi connectivity index (χ1n) is 6.90. The molecule has 0 saturated heterocycles. The first-order valence-corrected chi connectivity index (χ1v) is 7.70. The van der Waals surface area contributed by atoms with Gasteiger partial charge in [-0.25, -0.2) is 4.98 Å². The third kappa shape index (κ3) is 3.91. The van der Waals surface area contributed by atoms with Crippen LogP contribution in [0.15, 0.2) is 65.4 Å². The Morgan fingerprint density at radius 1 is 1.00 bits per heavy atom. The van der Waals surface area contributed by atoms with Crippen molar-refractivity contribution in [2.45, 2.75) is 6.18 Å². The van der Waals surface area contributed by atoms with E-state index in [1.807, 2.05) is 12.1 Å². The Morgan fingerprint density at radius 2 is 1.75 bits per heavy atom. The monoisotopic (exact) mass is 395 g/mol. The molecule has 0 fully saturated rings. The molecular weight excluding hydrogens is 385 g/mol. The SMILES string of the molecule is FC(F)(F)c1ccc(-c2cc(Oc3cccc(Br)c3)[nH+]cn2)cc1. The second kappa shape index (κ2) is 6.60. The molecule has 3 aromatic rings. The first kappa shape index (κ1) is 16.4. The molecule has 0 aliphatic carbocycles. The van der Waals surface area contributed by atoms with Crippen molar-refractivity contribution in [1.82, 2.24) is 4.98 Å². The van der Waals surface area contributed by atoms with E-state index in [1.54, 1.807) is 18.2 Å². The highest BCUT2D eigenvalue weighted by molar-refractivity contribution is 9.10. The van der Waals surface area contributed by atoms with E-state index in [2.05, 4.69) is 25.9 Å². The van der Waals surface area contributed by atoms with Crippen LogP contribution in [0.25, 0.3) is 11.3 Å². The number of nitrogens with zero attached hydrogens (tertiary/aromatic N) is 1. The fourth-order valence-electron chi connectivity index (χ4n) is 2.07. The van der Waals surface area contributed by atoms with Crippen LogP contribution in [-0.2, 0) is 6.18 Å². The van der Waals surface area contributed by atoms with Crippen molar-refractivity contribution < 1.29 is 22.9 Å². The van der Waals surface area contributed by atoms with E-state index in [9.17, 15) is 13.2 Å². The van der Waals surface area contributed by atoms with Gasteiger partial charge >= 0.3 is 6.18 Å². The number of rotatable bonds is 3. The Kier molecular flexibility index (Phi) is 4.53. The summed E-state index contributed by atoms with van der Waals surface area (Å²) in [6.45, 7) is 0. The van der Waals surface area contributed by atoms with Gasteiger partial charge in [0.05, 0.1) is 11.6 Å². The molecule has 24 heavy (non-hydrogen) atoms. The molecule has 1 heterocycles. The van der Waals surface area contributed by atoms with Gasteiger partial charge < -0.3 is 4.74 Å². The summed E-state index contributed by atoms with van der Waals surface area (Å²) in [6, 6.07) is 13.7. The van der Waals surface area contributed by atoms with Crippen LogP contribution in [0.1, 0.15) is 5.56 Å². The molecule has 0 radical (unpaired) electrons. The second-order valence-corrected chi connectivity index (χ2v) is 5.85. The molecule has 0 saturated carbocycles. The molecule has 0 spiro atoms. The van der Waals surface area contributed by atoms with E-state index in [0.29, 0.717) is 22.9 Å². The molecule has 0 unspecified atom stereocenters. The van der Waals surface area contributed by atoms with Crippen LogP contribution in [-0.4, -0.2) is 4.98 Å². The molecule has 0 amide bonds. The van der Waals surface area contributed by atoms with Gasteiger partial charge in [0.1, 0.15) is 5.75 Å². The molecule has 3 nitrogen and oxygen atoms in total. The van der Waals surface area contributed by atoms with Crippen molar-refractivity contribution >= 4 is 15.9 Å². The predicted molar refractivity (Wildman–Crippen MR) is 85.4 cm³/mol. The number of aromatic nitrogens is 2. The van der Waals surface area contributed by atoms with E-state index in [4.69, 9.17) is 4.74 Å². The average molecular weight is 396 g/mol. The van der Waals surface area contributed by atoms with Crippen molar-refractivity contribution in [2.75, 3.05) is 0 Å². The van der Waals surface area contributed by atoms with Gasteiger partial charge in [-0.2, -0.15) is 13.2 Å². The number of ether oxygens (including phenoxy) is 1. The Labute approximate surface area is 144 Å². The summed E-state index contributed by atoms with van der Waals surface area (Å²) < 4.78 is 44.4. The average Bonchev–Trinajstić information content (AvgIpc) is 2.54. The summed E-state index contributed by atoms with van der Waals surface area (Å²) in [5, 5.41) is 0. The lowest BCUT2D eigenvalue weighted by atomic mass is 10.1. The fraction of sp³-hybridized carbons (Fsp3) is 0.0588. The minimum atomic E-state index is -4.36. The van der Waals surface area contributed by atoms with Crippen molar-refractivity contribution in [3.8, 4) is 22.9 Å². The van der Waals surface area contributed by atoms with E-state index >= 15 is 0 Å².